The predicted molar refractivity (Wildman–Crippen MR) is 512 cm³/mol. The number of aliphatic carboxylic acids is 1. The number of nitrogens with one attached hydrogen (secondary N) is 1. The van der Waals surface area contributed by atoms with Crippen molar-refractivity contribution in [1.82, 2.24) is 73.5 Å². The number of pyridine rings is 7. The van der Waals surface area contributed by atoms with Gasteiger partial charge in [0.1, 0.15) is 83.1 Å². The molecule has 132 heavy (non-hydrogen) atoms. The van der Waals surface area contributed by atoms with Crippen molar-refractivity contribution in [3.63, 3.8) is 0 Å². The van der Waals surface area contributed by atoms with E-state index < -0.39 is 17.7 Å². The van der Waals surface area contributed by atoms with Crippen molar-refractivity contribution in [3.8, 4) is 125 Å². The monoisotopic (exact) mass is 1930 g/mol. The van der Waals surface area contributed by atoms with Gasteiger partial charge in [-0.05, 0) is 270 Å². The van der Waals surface area contributed by atoms with Crippen LogP contribution in [0.15, 0.2) is 372 Å². The highest BCUT2D eigenvalue weighted by Gasteiger charge is 2.31. The third kappa shape index (κ3) is 23.4. The summed E-state index contributed by atoms with van der Waals surface area (Å²) < 4.78 is 58.7. The van der Waals surface area contributed by atoms with Crippen molar-refractivity contribution in [1.29, 1.82) is 0 Å². The number of benzene rings is 6. The average molecular weight is 1930 g/mol. The lowest BCUT2D eigenvalue weighted by Gasteiger charge is -2.16. The summed E-state index contributed by atoms with van der Waals surface area (Å²) in [5, 5.41) is 31.6. The number of H-pyrrole nitrogens is 1. The van der Waals surface area contributed by atoms with Gasteiger partial charge in [0, 0.05) is 124 Å². The van der Waals surface area contributed by atoms with Crippen LogP contribution in [-0.4, -0.2) is 90.8 Å². The minimum Gasteiger partial charge on any atom is -0.542 e. The first kappa shape index (κ1) is 93.5. The number of oxazole rings is 1. The number of imidazole rings is 4. The molecule has 6 aromatic carbocycles. The van der Waals surface area contributed by atoms with E-state index in [1.165, 1.54) is 35.0 Å². The molecule has 660 valence electrons. The van der Waals surface area contributed by atoms with Crippen LogP contribution in [0.25, 0.3) is 125 Å². The summed E-state index contributed by atoms with van der Waals surface area (Å²) in [5.41, 5.74) is 16.1. The van der Waals surface area contributed by atoms with Gasteiger partial charge in [-0.2, -0.15) is 24.5 Å². The number of aromatic amines is 1. The number of hydrogen-bond donors (Lipinski definition) is 2. The molecule has 0 aliphatic heterocycles. The Balaban J connectivity index is 0.000000131. The number of alkyl halides is 3. The number of hydrogen-bond acceptors (Lipinski definition) is 20. The van der Waals surface area contributed by atoms with Gasteiger partial charge in [0.15, 0.2) is 23.0 Å². The molecule has 0 atom stereocenters. The van der Waals surface area contributed by atoms with Gasteiger partial charge in [0.2, 0.25) is 10.9 Å². The van der Waals surface area contributed by atoms with Crippen molar-refractivity contribution >= 4 is 111 Å². The zero-order chi connectivity index (χ0) is 92.6. The summed E-state index contributed by atoms with van der Waals surface area (Å²) in [6.45, 7) is 3.40. The van der Waals surface area contributed by atoms with E-state index in [0.717, 1.165) is 153 Å². The standard InChI is InChI=1S/C25H18ClN5S.C25H18ClN3S2.C24H21ClFN3OS.C23H16ClN5OS.C2HF3O2/c1-31-24(21-4-2-3-13-28-21)30-23(25(31)32-22-10-9-20(26)16-29-22)19-7-5-17(6-8-19)18-11-14-27-15-12-18;1-29-24(22-4-2-3-14-27-22)28-23(25(29)31-21-11-9-20(26)10-12-21)18-7-5-17(6-8-18)19-13-15-30-16-19;1-24(2,30)20-13-6-16(14-27-20)21-23(31-19-11-7-17(25)8-12-19)29(3)22(28-21)15-4-9-18(26)10-5-15;1-29-21(18-4-2-3-11-25-18)28-20(23(29)31-19-10-9-17(24)14-27-19)15-5-7-16(8-6-15)22-26-12-13-30-22;3-2(4,5)1(6)7/h2-16H,1H3;2-16H,1H3;4-14,30H,1-3H3;2-14H,1H3;(H,6,7). The smallest absolute Gasteiger partial charge is 0.430 e. The predicted octanol–water partition coefficient (Wildman–Crippen LogP) is 25.1. The summed E-state index contributed by atoms with van der Waals surface area (Å²) >= 11 is 32.2. The fourth-order valence-electron chi connectivity index (χ4n) is 13.2. The first-order valence-electron chi connectivity index (χ1n) is 40.1. The highest BCUT2D eigenvalue weighted by Crippen LogP contribution is 2.44. The summed E-state index contributed by atoms with van der Waals surface area (Å²) in [6, 6.07) is 81.9. The van der Waals surface area contributed by atoms with E-state index in [1.807, 2.05) is 206 Å². The van der Waals surface area contributed by atoms with E-state index in [4.69, 9.17) is 75.7 Å². The number of halogens is 8. The van der Waals surface area contributed by atoms with Crippen LogP contribution in [0.1, 0.15) is 19.5 Å². The van der Waals surface area contributed by atoms with Crippen LogP contribution in [0.2, 0.25) is 20.1 Å². The van der Waals surface area contributed by atoms with Crippen molar-refractivity contribution in [2.75, 3.05) is 0 Å². The molecule has 0 amide bonds. The molecule has 0 aliphatic rings. The van der Waals surface area contributed by atoms with Gasteiger partial charge in [-0.3, -0.25) is 19.9 Å². The molecule has 0 saturated heterocycles. The molecule has 0 fully saturated rings. The van der Waals surface area contributed by atoms with E-state index in [9.17, 15) is 22.7 Å². The molecule has 0 radical (unpaired) electrons. The number of aliphatic hydroxyl groups is 1. The van der Waals surface area contributed by atoms with E-state index in [2.05, 4.69) is 126 Å². The lowest BCUT2D eigenvalue weighted by molar-refractivity contribution is -0.695. The zero-order valence-electron chi connectivity index (χ0n) is 70.6. The second kappa shape index (κ2) is 42.8. The quantitative estimate of drug-likeness (QED) is 0.0531. The summed E-state index contributed by atoms with van der Waals surface area (Å²) in [7, 11) is 8.00. The average Bonchev–Trinajstić information content (AvgIpc) is 1.65. The molecule has 33 heteroatoms. The van der Waals surface area contributed by atoms with Crippen molar-refractivity contribution in [2.24, 2.45) is 28.2 Å². The van der Waals surface area contributed by atoms with Crippen molar-refractivity contribution < 1.29 is 41.6 Å². The van der Waals surface area contributed by atoms with Crippen LogP contribution >= 0.6 is 105 Å². The number of carbonyl (C=O) groups is 1. The summed E-state index contributed by atoms with van der Waals surface area (Å²) in [4.78, 5) is 64.5. The van der Waals surface area contributed by atoms with Gasteiger partial charge in [-0.15, -0.1) is 0 Å². The van der Waals surface area contributed by atoms with Gasteiger partial charge in [-0.25, -0.2) is 48.8 Å². The molecule has 19 rings (SSSR count). The third-order valence-corrected chi connectivity index (χ3v) is 26.0. The number of carboxylic acid groups (broad SMARTS) is 1. The second-order valence-electron chi connectivity index (χ2n) is 29.3. The molecular formula is C99H74Cl4F4N16O4S5. The maximum absolute atomic E-state index is 13.4. The van der Waals surface area contributed by atoms with E-state index in [1.54, 1.807) is 135 Å². The Bertz CT molecular complexity index is 6840. The van der Waals surface area contributed by atoms with Crippen LogP contribution in [0.4, 0.5) is 17.6 Å². The van der Waals surface area contributed by atoms with Crippen LogP contribution in [-0.2, 0) is 38.6 Å². The normalized spacial score (nSPS) is 11.2. The maximum Gasteiger partial charge on any atom is 0.430 e. The Hall–Kier alpha value is -13.2. The number of carboxylic acids is 1. The van der Waals surface area contributed by atoms with Gasteiger partial charge in [0.25, 0.3) is 0 Å². The topological polar surface area (TPSA) is 250 Å². The van der Waals surface area contributed by atoms with Crippen LogP contribution in [0, 0.1) is 5.82 Å². The molecule has 2 N–H and O–H groups in total. The summed E-state index contributed by atoms with van der Waals surface area (Å²) in [6.07, 6.45) is 12.0. The fraction of sp³-hybridized carbons (Fsp3) is 0.0808. The SMILES string of the molecule is C[n+]1c(-c2ccccn2)[nH]c(-c2ccc(-c3ccsc3)cc2)c1Sc1ccc(Cl)cc1.Cn1c(-c2ccc(F)cc2)nc(-c2ccc(C(C)(C)O)nc2)c1Sc1ccc(Cl)cc1.Cn1c(-c2ccccn2)nc(-c2ccc(-c3ccncc3)cc2)c1Sc1ccc(Cl)cn1.Cn1c(-c2ccccn2)nc(-c2ccc(-c3ncco3)cc2)c1Sc1ccc(Cl)cn1.O=C([O-])C(F)(F)F. The Kier molecular flexibility index (Phi) is 30.3. The molecule has 0 bridgehead atoms. The number of nitrogens with zero attached hydrogens (tertiary/aromatic N) is 15. The number of aromatic nitrogens is 16. The largest absolute Gasteiger partial charge is 0.542 e. The fourth-order valence-corrected chi connectivity index (χ4v) is 18.1. The Morgan fingerprint density at radius 2 is 0.886 bits per heavy atom. The molecule has 0 spiro atoms. The van der Waals surface area contributed by atoms with Crippen LogP contribution < -0.4 is 9.67 Å². The van der Waals surface area contributed by atoms with Crippen LogP contribution in [0.3, 0.4) is 0 Å². The van der Waals surface area contributed by atoms with Crippen molar-refractivity contribution in [2.45, 2.75) is 65.6 Å². The first-order chi connectivity index (χ1) is 63.7. The lowest BCUT2D eigenvalue weighted by Crippen LogP contribution is -2.37. The zero-order valence-corrected chi connectivity index (χ0v) is 77.7. The Labute approximate surface area is 797 Å². The lowest BCUT2D eigenvalue weighted by atomic mass is 10.0. The molecule has 20 nitrogen and oxygen atoms in total. The molecule has 13 heterocycles. The highest BCUT2D eigenvalue weighted by molar-refractivity contribution is 8.00. The Morgan fingerprint density at radius 1 is 0.447 bits per heavy atom. The van der Waals surface area contributed by atoms with Gasteiger partial charge in [-0.1, -0.05) is 125 Å². The van der Waals surface area contributed by atoms with Crippen molar-refractivity contribution in [3.05, 3.63) is 359 Å². The maximum atomic E-state index is 13.4. The molecule has 0 aliphatic carbocycles. The molecule has 19 aromatic rings. The molecule has 0 saturated carbocycles. The number of thiophene rings is 1. The third-order valence-electron chi connectivity index (χ3n) is 19.8. The molecule has 13 aromatic heterocycles. The van der Waals surface area contributed by atoms with Gasteiger partial charge >= 0.3 is 12.0 Å². The first-order valence-corrected chi connectivity index (χ1v) is 45.8. The molecular weight excluding hydrogens is 1860 g/mol. The van der Waals surface area contributed by atoms with E-state index in [-0.39, 0.29) is 5.82 Å². The highest BCUT2D eigenvalue weighted by atomic mass is 35.5. The van der Waals surface area contributed by atoms with Gasteiger partial charge in [0.05, 0.1) is 29.0 Å². The minimum absolute atomic E-state index is 0.291. The molecule has 0 unspecified atom stereocenters. The van der Waals surface area contributed by atoms with E-state index >= 15 is 0 Å². The second-order valence-corrected chi connectivity index (χ2v) is 36.0. The minimum atomic E-state index is -5.19. The van der Waals surface area contributed by atoms with Crippen LogP contribution in [0.5, 0.6) is 0 Å². The van der Waals surface area contributed by atoms with E-state index in [0.29, 0.717) is 26.7 Å². The Morgan fingerprint density at radius 3 is 1.34 bits per heavy atom. The summed E-state index contributed by atoms with van der Waals surface area (Å²) in [5.74, 6) is 0.556. The number of rotatable bonds is 20. The van der Waals surface area contributed by atoms with Gasteiger partial charge < -0.3 is 33.1 Å². The number of carbonyl (C=O) groups excluding carboxylic acids is 1.